The molecule has 4 nitrogen and oxygen atoms in total. The van der Waals surface area contributed by atoms with E-state index in [9.17, 15) is 9.18 Å². The molecule has 1 aliphatic rings. The van der Waals surface area contributed by atoms with Crippen molar-refractivity contribution in [2.75, 3.05) is 29.0 Å². The number of halogens is 1. The molecular weight excluding hydrogens is 293 g/mol. The van der Waals surface area contributed by atoms with Crippen molar-refractivity contribution in [1.82, 2.24) is 0 Å². The van der Waals surface area contributed by atoms with Gasteiger partial charge in [0.05, 0.1) is 11.4 Å². The number of rotatable bonds is 3. The maximum absolute atomic E-state index is 12.9. The molecule has 3 rings (SSSR count). The number of nitrogen functional groups attached to an aromatic ring is 1. The number of carbonyl (C=O) groups is 1. The monoisotopic (exact) mass is 313 g/mol. The van der Waals surface area contributed by atoms with Crippen LogP contribution in [0.5, 0.6) is 0 Å². The van der Waals surface area contributed by atoms with Crippen LogP contribution in [0.3, 0.4) is 0 Å². The van der Waals surface area contributed by atoms with Crippen LogP contribution in [0.15, 0.2) is 42.5 Å². The predicted octanol–water partition coefficient (Wildman–Crippen LogP) is 3.65. The number of anilines is 3. The van der Waals surface area contributed by atoms with Gasteiger partial charge in [0.15, 0.2) is 0 Å². The highest BCUT2D eigenvalue weighted by Crippen LogP contribution is 2.29. The predicted molar refractivity (Wildman–Crippen MR) is 91.3 cm³/mol. The van der Waals surface area contributed by atoms with Gasteiger partial charge >= 0.3 is 0 Å². The fourth-order valence-corrected chi connectivity index (χ4v) is 2.86. The first kappa shape index (κ1) is 15.3. The molecule has 0 radical (unpaired) electrons. The molecule has 1 fully saturated rings. The normalized spacial score (nSPS) is 14.6. The molecule has 0 aromatic heterocycles. The first-order valence-corrected chi connectivity index (χ1v) is 7.85. The van der Waals surface area contributed by atoms with E-state index in [4.69, 9.17) is 5.73 Å². The third-order valence-corrected chi connectivity index (χ3v) is 4.09. The van der Waals surface area contributed by atoms with Gasteiger partial charge in [-0.25, -0.2) is 4.39 Å². The number of carbonyl (C=O) groups excluding carboxylic acids is 1. The van der Waals surface area contributed by atoms with Gasteiger partial charge in [-0.05, 0) is 61.7 Å². The Bertz CT molecular complexity index is 694. The minimum Gasteiger partial charge on any atom is -0.397 e. The van der Waals surface area contributed by atoms with E-state index in [1.807, 2.05) is 12.1 Å². The summed E-state index contributed by atoms with van der Waals surface area (Å²) in [6.07, 6.45) is 3.63. The third-order valence-electron chi connectivity index (χ3n) is 4.09. The van der Waals surface area contributed by atoms with E-state index in [1.165, 1.54) is 43.5 Å². The number of nitrogens with two attached hydrogens (primary N) is 1. The van der Waals surface area contributed by atoms with Crippen molar-refractivity contribution in [3.05, 3.63) is 53.8 Å². The lowest BCUT2D eigenvalue weighted by Crippen LogP contribution is -2.30. The topological polar surface area (TPSA) is 58.4 Å². The summed E-state index contributed by atoms with van der Waals surface area (Å²) in [5.41, 5.74) is 8.86. The fourth-order valence-electron chi connectivity index (χ4n) is 2.86. The Balaban J connectivity index is 1.72. The van der Waals surface area contributed by atoms with Crippen LogP contribution < -0.4 is 16.0 Å². The van der Waals surface area contributed by atoms with Gasteiger partial charge in [-0.15, -0.1) is 0 Å². The van der Waals surface area contributed by atoms with Crippen molar-refractivity contribution in [3.63, 3.8) is 0 Å². The second-order valence-corrected chi connectivity index (χ2v) is 5.78. The van der Waals surface area contributed by atoms with Gasteiger partial charge in [0.1, 0.15) is 5.82 Å². The molecule has 0 unspecified atom stereocenters. The zero-order valence-corrected chi connectivity index (χ0v) is 12.9. The average Bonchev–Trinajstić information content (AvgIpc) is 2.56. The second-order valence-electron chi connectivity index (χ2n) is 5.78. The minimum absolute atomic E-state index is 0.282. The Labute approximate surface area is 135 Å². The molecule has 120 valence electrons. The molecule has 3 N–H and O–H groups in total. The van der Waals surface area contributed by atoms with E-state index in [2.05, 4.69) is 10.2 Å². The van der Waals surface area contributed by atoms with Crippen molar-refractivity contribution in [1.29, 1.82) is 0 Å². The Hall–Kier alpha value is -2.56. The second kappa shape index (κ2) is 6.69. The summed E-state index contributed by atoms with van der Waals surface area (Å²) < 4.78 is 12.9. The number of nitrogens with one attached hydrogen (secondary N) is 1. The van der Waals surface area contributed by atoms with Gasteiger partial charge in [-0.1, -0.05) is 0 Å². The van der Waals surface area contributed by atoms with Crippen LogP contribution in [0.25, 0.3) is 0 Å². The average molecular weight is 313 g/mol. The molecular formula is C18H20FN3O. The summed E-state index contributed by atoms with van der Waals surface area (Å²) >= 11 is 0. The Morgan fingerprint density at radius 2 is 1.74 bits per heavy atom. The van der Waals surface area contributed by atoms with E-state index < -0.39 is 0 Å². The molecule has 2 aromatic carbocycles. The molecule has 0 atom stereocenters. The number of hydrogen-bond acceptors (Lipinski definition) is 3. The quantitative estimate of drug-likeness (QED) is 0.850. The highest BCUT2D eigenvalue weighted by Gasteiger charge is 2.14. The van der Waals surface area contributed by atoms with Crippen LogP contribution in [0.1, 0.15) is 29.6 Å². The lowest BCUT2D eigenvalue weighted by Gasteiger charge is -2.30. The van der Waals surface area contributed by atoms with Gasteiger partial charge in [-0.2, -0.15) is 0 Å². The summed E-state index contributed by atoms with van der Waals surface area (Å²) in [5, 5.41) is 2.79. The van der Waals surface area contributed by atoms with Crippen LogP contribution in [0, 0.1) is 5.82 Å². The first-order valence-electron chi connectivity index (χ1n) is 7.85. The number of hydrogen-bond donors (Lipinski definition) is 2. The molecule has 1 aliphatic heterocycles. The minimum atomic E-state index is -0.364. The first-order chi connectivity index (χ1) is 11.1. The molecule has 0 aliphatic carbocycles. The SMILES string of the molecule is Nc1cc(NC(=O)c2ccc(F)cc2)ccc1N1CCCCC1. The van der Waals surface area contributed by atoms with Gasteiger partial charge in [0.2, 0.25) is 0 Å². The largest absolute Gasteiger partial charge is 0.397 e. The maximum Gasteiger partial charge on any atom is 0.255 e. The summed E-state index contributed by atoms with van der Waals surface area (Å²) in [6, 6.07) is 11.0. The van der Waals surface area contributed by atoms with Gasteiger partial charge in [0.25, 0.3) is 5.91 Å². The van der Waals surface area contributed by atoms with E-state index >= 15 is 0 Å². The Morgan fingerprint density at radius 1 is 1.04 bits per heavy atom. The molecule has 0 saturated carbocycles. The lowest BCUT2D eigenvalue weighted by atomic mass is 10.1. The van der Waals surface area contributed by atoms with Crippen molar-refractivity contribution < 1.29 is 9.18 Å². The van der Waals surface area contributed by atoms with Crippen LogP contribution >= 0.6 is 0 Å². The summed E-state index contributed by atoms with van der Waals surface area (Å²) in [7, 11) is 0. The third kappa shape index (κ3) is 3.62. The Kier molecular flexibility index (Phi) is 4.46. The van der Waals surface area contributed by atoms with Gasteiger partial charge in [0, 0.05) is 24.3 Å². The van der Waals surface area contributed by atoms with Crippen molar-refractivity contribution in [2.45, 2.75) is 19.3 Å². The smallest absolute Gasteiger partial charge is 0.255 e. The zero-order chi connectivity index (χ0) is 16.2. The van der Waals surface area contributed by atoms with Crippen LogP contribution in [0.4, 0.5) is 21.5 Å². The molecule has 1 heterocycles. The van der Waals surface area contributed by atoms with Crippen molar-refractivity contribution in [2.24, 2.45) is 0 Å². The molecule has 5 heteroatoms. The summed E-state index contributed by atoms with van der Waals surface area (Å²) in [5.74, 6) is -0.646. The molecule has 0 bridgehead atoms. The Morgan fingerprint density at radius 3 is 2.39 bits per heavy atom. The summed E-state index contributed by atoms with van der Waals surface area (Å²) in [4.78, 5) is 14.4. The lowest BCUT2D eigenvalue weighted by molar-refractivity contribution is 0.102. The number of piperidine rings is 1. The van der Waals surface area contributed by atoms with Crippen LogP contribution in [-0.4, -0.2) is 19.0 Å². The van der Waals surface area contributed by atoms with Gasteiger partial charge in [-0.3, -0.25) is 4.79 Å². The van der Waals surface area contributed by atoms with Gasteiger partial charge < -0.3 is 16.0 Å². The molecule has 23 heavy (non-hydrogen) atoms. The molecule has 1 amide bonds. The van der Waals surface area contributed by atoms with Crippen molar-refractivity contribution in [3.8, 4) is 0 Å². The van der Waals surface area contributed by atoms with E-state index in [0.29, 0.717) is 16.9 Å². The van der Waals surface area contributed by atoms with E-state index in [-0.39, 0.29) is 11.7 Å². The highest BCUT2D eigenvalue weighted by atomic mass is 19.1. The van der Waals surface area contributed by atoms with E-state index in [0.717, 1.165) is 18.8 Å². The molecule has 1 saturated heterocycles. The summed E-state index contributed by atoms with van der Waals surface area (Å²) in [6.45, 7) is 2.04. The maximum atomic E-state index is 12.9. The standard InChI is InChI=1S/C18H20FN3O/c19-14-6-4-13(5-7-14)18(23)21-15-8-9-17(16(20)12-15)22-10-2-1-3-11-22/h4-9,12H,1-3,10-11,20H2,(H,21,23). The number of amides is 1. The fraction of sp³-hybridized carbons (Fsp3) is 0.278. The number of nitrogens with zero attached hydrogens (tertiary/aromatic N) is 1. The van der Waals surface area contributed by atoms with Crippen LogP contribution in [-0.2, 0) is 0 Å². The van der Waals surface area contributed by atoms with E-state index in [1.54, 1.807) is 6.07 Å². The van der Waals surface area contributed by atoms with Crippen LogP contribution in [0.2, 0.25) is 0 Å². The highest BCUT2D eigenvalue weighted by molar-refractivity contribution is 6.04. The molecule has 0 spiro atoms. The number of benzene rings is 2. The zero-order valence-electron chi connectivity index (χ0n) is 12.9. The molecule has 2 aromatic rings. The van der Waals surface area contributed by atoms with Crippen molar-refractivity contribution >= 4 is 23.0 Å².